The molecule has 1 aromatic rings. The van der Waals surface area contributed by atoms with Crippen LogP contribution in [0.15, 0.2) is 29.2 Å². The van der Waals surface area contributed by atoms with Crippen molar-refractivity contribution in [3.05, 3.63) is 29.8 Å². The second-order valence-corrected chi connectivity index (χ2v) is 5.72. The minimum absolute atomic E-state index is 0.317. The Hall–Kier alpha value is -0.760. The van der Waals surface area contributed by atoms with E-state index in [1.54, 1.807) is 0 Å². The highest BCUT2D eigenvalue weighted by Gasteiger charge is 2.21. The number of ketones is 1. The van der Waals surface area contributed by atoms with Crippen LogP contribution in [0, 0.1) is 5.92 Å². The summed E-state index contributed by atoms with van der Waals surface area (Å²) in [6.07, 6.45) is 4.55. The van der Waals surface area contributed by atoms with Crippen LogP contribution in [0.5, 0.6) is 0 Å². The van der Waals surface area contributed by atoms with E-state index in [-0.39, 0.29) is 0 Å². The predicted octanol–water partition coefficient (Wildman–Crippen LogP) is 4.17. The molecule has 0 unspecified atom stereocenters. The maximum atomic E-state index is 11.9. The van der Waals surface area contributed by atoms with Crippen molar-refractivity contribution in [2.24, 2.45) is 5.92 Å². The molecule has 2 rings (SSSR count). The van der Waals surface area contributed by atoms with Gasteiger partial charge in [-0.1, -0.05) is 38.3 Å². The third kappa shape index (κ3) is 2.88. The van der Waals surface area contributed by atoms with Gasteiger partial charge >= 0.3 is 0 Å². The lowest BCUT2D eigenvalue weighted by Gasteiger charge is -2.24. The predicted molar refractivity (Wildman–Crippen MR) is 69.1 cm³/mol. The molecule has 0 heterocycles. The summed E-state index contributed by atoms with van der Waals surface area (Å²) in [6, 6.07) is 8.06. The summed E-state index contributed by atoms with van der Waals surface area (Å²) in [5.74, 6) is 2.06. The second kappa shape index (κ2) is 5.53. The Morgan fingerprint density at radius 2 is 2.00 bits per heavy atom. The van der Waals surface area contributed by atoms with Gasteiger partial charge in [0.1, 0.15) is 0 Å². The molecule has 0 spiro atoms. The van der Waals surface area contributed by atoms with Crippen molar-refractivity contribution in [3.63, 3.8) is 0 Å². The van der Waals surface area contributed by atoms with Crippen LogP contribution < -0.4 is 0 Å². The molecular weight excluding hydrogens is 216 g/mol. The van der Waals surface area contributed by atoms with E-state index in [1.165, 1.54) is 24.2 Å². The molecule has 0 bridgehead atoms. The Balaban J connectivity index is 1.94. The van der Waals surface area contributed by atoms with E-state index in [9.17, 15) is 4.79 Å². The zero-order valence-corrected chi connectivity index (χ0v) is 10.6. The third-order valence-electron chi connectivity index (χ3n) is 3.19. The molecule has 0 aliphatic heterocycles. The molecule has 1 aliphatic rings. The Morgan fingerprint density at radius 1 is 1.31 bits per heavy atom. The first-order chi connectivity index (χ1) is 7.79. The number of rotatable bonds is 5. The van der Waals surface area contributed by atoms with E-state index >= 15 is 0 Å². The van der Waals surface area contributed by atoms with E-state index in [4.69, 9.17) is 0 Å². The van der Waals surface area contributed by atoms with Gasteiger partial charge in [-0.15, -0.1) is 11.8 Å². The van der Waals surface area contributed by atoms with E-state index < -0.39 is 0 Å². The van der Waals surface area contributed by atoms with Gasteiger partial charge in [0, 0.05) is 16.9 Å². The zero-order valence-electron chi connectivity index (χ0n) is 9.74. The summed E-state index contributed by atoms with van der Waals surface area (Å²) < 4.78 is 0. The molecule has 0 N–H and O–H groups in total. The second-order valence-electron chi connectivity index (χ2n) is 4.38. The molecule has 1 saturated carbocycles. The van der Waals surface area contributed by atoms with Crippen LogP contribution in [0.1, 0.15) is 43.0 Å². The third-order valence-corrected chi connectivity index (χ3v) is 4.08. The molecular formula is C14H18OS. The number of carbonyl (C=O) groups is 1. The summed E-state index contributed by atoms with van der Waals surface area (Å²) >= 11 is 1.81. The van der Waals surface area contributed by atoms with E-state index in [0.717, 1.165) is 17.7 Å². The number of benzene rings is 1. The molecule has 0 saturated heterocycles. The van der Waals surface area contributed by atoms with Crippen molar-refractivity contribution in [2.45, 2.75) is 37.5 Å². The van der Waals surface area contributed by atoms with Crippen LogP contribution >= 0.6 is 11.8 Å². The fraction of sp³-hybridized carbons (Fsp3) is 0.500. The summed E-state index contributed by atoms with van der Waals surface area (Å²) in [5, 5.41) is 0. The topological polar surface area (TPSA) is 17.1 Å². The molecule has 0 atom stereocenters. The molecule has 0 radical (unpaired) electrons. The Kier molecular flexibility index (Phi) is 4.05. The van der Waals surface area contributed by atoms with Crippen LogP contribution in [0.3, 0.4) is 0 Å². The molecule has 0 amide bonds. The van der Waals surface area contributed by atoms with Crippen molar-refractivity contribution in [3.8, 4) is 0 Å². The summed E-state index contributed by atoms with van der Waals surface area (Å²) in [6.45, 7) is 2.14. The van der Waals surface area contributed by atoms with Crippen LogP contribution in [0.2, 0.25) is 0 Å². The first-order valence-electron chi connectivity index (χ1n) is 6.05. The van der Waals surface area contributed by atoms with Crippen LogP contribution in [0.25, 0.3) is 0 Å². The molecule has 1 nitrogen and oxygen atoms in total. The summed E-state index contributed by atoms with van der Waals surface area (Å²) in [7, 11) is 0. The lowest BCUT2D eigenvalue weighted by atomic mass is 9.81. The maximum Gasteiger partial charge on any atom is 0.163 e. The van der Waals surface area contributed by atoms with Gasteiger partial charge in [-0.25, -0.2) is 0 Å². The summed E-state index contributed by atoms with van der Waals surface area (Å²) in [4.78, 5) is 13.2. The number of carbonyl (C=O) groups excluding carboxylic acids is 1. The SMILES string of the molecule is CCSc1ccc(C(=O)CC2CCC2)cc1. The first kappa shape index (κ1) is 11.7. The van der Waals surface area contributed by atoms with Crippen molar-refractivity contribution >= 4 is 17.5 Å². The van der Waals surface area contributed by atoms with Crippen molar-refractivity contribution < 1.29 is 4.79 Å². The van der Waals surface area contributed by atoms with Crippen molar-refractivity contribution in [1.82, 2.24) is 0 Å². The van der Waals surface area contributed by atoms with Gasteiger partial charge in [-0.05, 0) is 23.8 Å². The molecule has 86 valence electrons. The van der Waals surface area contributed by atoms with Crippen LogP contribution in [-0.4, -0.2) is 11.5 Å². The number of Topliss-reactive ketones (excluding diaryl/α,β-unsaturated/α-hetero) is 1. The minimum atomic E-state index is 0.317. The highest BCUT2D eigenvalue weighted by molar-refractivity contribution is 7.99. The van der Waals surface area contributed by atoms with Crippen molar-refractivity contribution in [2.75, 3.05) is 5.75 Å². The normalized spacial score (nSPS) is 15.8. The molecule has 0 aromatic heterocycles. The monoisotopic (exact) mass is 234 g/mol. The highest BCUT2D eigenvalue weighted by Crippen LogP contribution is 2.30. The lowest BCUT2D eigenvalue weighted by Crippen LogP contribution is -2.15. The van der Waals surface area contributed by atoms with Gasteiger partial charge in [0.05, 0.1) is 0 Å². The Bertz CT molecular complexity index is 352. The largest absolute Gasteiger partial charge is 0.294 e. The average Bonchev–Trinajstić information content (AvgIpc) is 2.25. The highest BCUT2D eigenvalue weighted by atomic mass is 32.2. The van der Waals surface area contributed by atoms with Crippen molar-refractivity contribution in [1.29, 1.82) is 0 Å². The number of hydrogen-bond acceptors (Lipinski definition) is 2. The minimum Gasteiger partial charge on any atom is -0.294 e. The molecule has 1 aromatic carbocycles. The van der Waals surface area contributed by atoms with Crippen LogP contribution in [-0.2, 0) is 0 Å². The van der Waals surface area contributed by atoms with Gasteiger partial charge in [0.25, 0.3) is 0 Å². The van der Waals surface area contributed by atoms with E-state index in [0.29, 0.717) is 11.7 Å². The summed E-state index contributed by atoms with van der Waals surface area (Å²) in [5.41, 5.74) is 0.882. The molecule has 2 heteroatoms. The van der Waals surface area contributed by atoms with Gasteiger partial charge < -0.3 is 0 Å². The van der Waals surface area contributed by atoms with E-state index in [2.05, 4.69) is 19.1 Å². The fourth-order valence-corrected chi connectivity index (χ4v) is 2.64. The van der Waals surface area contributed by atoms with Gasteiger partial charge in [0.2, 0.25) is 0 Å². The van der Waals surface area contributed by atoms with E-state index in [1.807, 2.05) is 23.9 Å². The Morgan fingerprint density at radius 3 is 2.50 bits per heavy atom. The fourth-order valence-electron chi connectivity index (χ4n) is 1.98. The van der Waals surface area contributed by atoms with Gasteiger partial charge in [-0.3, -0.25) is 4.79 Å². The average molecular weight is 234 g/mol. The van der Waals surface area contributed by atoms with Gasteiger partial charge in [0.15, 0.2) is 5.78 Å². The number of thioether (sulfide) groups is 1. The zero-order chi connectivity index (χ0) is 11.4. The maximum absolute atomic E-state index is 11.9. The molecule has 1 fully saturated rings. The number of hydrogen-bond donors (Lipinski definition) is 0. The smallest absolute Gasteiger partial charge is 0.163 e. The standard InChI is InChI=1S/C14H18OS/c1-2-16-13-8-6-12(7-9-13)14(15)10-11-4-3-5-11/h6-9,11H,2-5,10H2,1H3. The molecule has 1 aliphatic carbocycles. The van der Waals surface area contributed by atoms with Gasteiger partial charge in [-0.2, -0.15) is 0 Å². The Labute approximate surface area is 102 Å². The quantitative estimate of drug-likeness (QED) is 0.562. The lowest BCUT2D eigenvalue weighted by molar-refractivity contribution is 0.0936. The molecule has 16 heavy (non-hydrogen) atoms. The van der Waals surface area contributed by atoms with Crippen LogP contribution in [0.4, 0.5) is 0 Å². The first-order valence-corrected chi connectivity index (χ1v) is 7.04.